The van der Waals surface area contributed by atoms with Crippen molar-refractivity contribution in [2.24, 2.45) is 10.2 Å². The van der Waals surface area contributed by atoms with Gasteiger partial charge in [0.1, 0.15) is 17.8 Å². The molecular weight excluding hydrogens is 334 g/mol. The molecule has 2 N–H and O–H groups in total. The van der Waals surface area contributed by atoms with Gasteiger partial charge in [0.05, 0.1) is 32.9 Å². The molecule has 0 aliphatic rings. The molecule has 9 nitrogen and oxygen atoms in total. The monoisotopic (exact) mass is 343 g/mol. The van der Waals surface area contributed by atoms with Crippen LogP contribution in [-0.4, -0.2) is 9.91 Å². The van der Waals surface area contributed by atoms with E-state index in [-0.39, 0.29) is 22.5 Å². The van der Waals surface area contributed by atoms with E-state index in [2.05, 4.69) is 15.2 Å². The third-order valence-corrected chi connectivity index (χ3v) is 3.58. The highest BCUT2D eigenvalue weighted by Crippen LogP contribution is 2.33. The van der Waals surface area contributed by atoms with Crippen LogP contribution in [0.4, 0.5) is 22.7 Å². The molecule has 3 aromatic rings. The zero-order chi connectivity index (χ0) is 18.7. The highest BCUT2D eigenvalue weighted by molar-refractivity contribution is 5.97. The number of nitrogens with zero attached hydrogens (tertiary/aromatic N) is 6. The van der Waals surface area contributed by atoms with Crippen molar-refractivity contribution in [2.45, 2.75) is 0 Å². The number of aromatic nitrogens is 1. The number of rotatable bonds is 3. The Morgan fingerprint density at radius 3 is 2.42 bits per heavy atom. The van der Waals surface area contributed by atoms with Gasteiger partial charge in [0.2, 0.25) is 0 Å². The van der Waals surface area contributed by atoms with E-state index in [1.807, 2.05) is 0 Å². The number of hydrogen-bond acceptors (Lipinski definition) is 8. The van der Waals surface area contributed by atoms with Gasteiger partial charge in [-0.25, -0.2) is 0 Å². The maximum Gasteiger partial charge on any atom is 0.272 e. The molecule has 1 aromatic heterocycles. The van der Waals surface area contributed by atoms with Crippen LogP contribution in [0, 0.1) is 32.8 Å². The molecule has 2 aromatic carbocycles. The van der Waals surface area contributed by atoms with E-state index in [1.165, 1.54) is 0 Å². The highest BCUT2D eigenvalue weighted by Gasteiger charge is 2.17. The lowest BCUT2D eigenvalue weighted by Gasteiger charge is -2.04. The van der Waals surface area contributed by atoms with Crippen molar-refractivity contribution in [3.05, 3.63) is 63.8 Å². The molecule has 9 heteroatoms. The topological polar surface area (TPSA) is 154 Å². The van der Waals surface area contributed by atoms with Crippen LogP contribution in [0.1, 0.15) is 11.1 Å². The molecule has 1 heterocycles. The van der Waals surface area contributed by atoms with Gasteiger partial charge in [0.25, 0.3) is 5.69 Å². The first kappa shape index (κ1) is 16.5. The molecule has 0 saturated heterocycles. The van der Waals surface area contributed by atoms with E-state index in [0.29, 0.717) is 22.3 Å². The molecule has 3 rings (SSSR count). The van der Waals surface area contributed by atoms with Gasteiger partial charge in [-0.3, -0.25) is 15.1 Å². The van der Waals surface area contributed by atoms with Crippen molar-refractivity contribution >= 4 is 33.7 Å². The van der Waals surface area contributed by atoms with Crippen molar-refractivity contribution in [1.29, 1.82) is 10.5 Å². The molecule has 0 fully saturated rings. The van der Waals surface area contributed by atoms with Gasteiger partial charge < -0.3 is 5.73 Å². The fraction of sp³-hybridized carbons (Fsp3) is 0. The molecule has 0 amide bonds. The lowest BCUT2D eigenvalue weighted by Crippen LogP contribution is -1.92. The van der Waals surface area contributed by atoms with E-state index >= 15 is 0 Å². The summed E-state index contributed by atoms with van der Waals surface area (Å²) < 4.78 is 0. The van der Waals surface area contributed by atoms with Crippen LogP contribution in [0.2, 0.25) is 0 Å². The minimum atomic E-state index is -0.679. The van der Waals surface area contributed by atoms with Gasteiger partial charge in [0.15, 0.2) is 0 Å². The number of hydrogen-bond donors (Lipinski definition) is 1. The van der Waals surface area contributed by atoms with Gasteiger partial charge in [-0.1, -0.05) is 0 Å². The third kappa shape index (κ3) is 2.88. The predicted octanol–water partition coefficient (Wildman–Crippen LogP) is 3.88. The molecule has 0 saturated carbocycles. The van der Waals surface area contributed by atoms with Crippen LogP contribution in [0.3, 0.4) is 0 Å². The summed E-state index contributed by atoms with van der Waals surface area (Å²) in [5.41, 5.74) is 6.73. The molecule has 0 bridgehead atoms. The average Bonchev–Trinajstić information content (AvgIpc) is 2.67. The molecule has 0 atom stereocenters. The zero-order valence-electron chi connectivity index (χ0n) is 13.1. The van der Waals surface area contributed by atoms with Gasteiger partial charge >= 0.3 is 0 Å². The van der Waals surface area contributed by atoms with Crippen LogP contribution >= 0.6 is 0 Å². The molecule has 124 valence electrons. The van der Waals surface area contributed by atoms with E-state index in [4.69, 9.17) is 5.73 Å². The highest BCUT2D eigenvalue weighted by atomic mass is 16.6. The first-order valence-electron chi connectivity index (χ1n) is 7.22. The van der Waals surface area contributed by atoms with Crippen molar-refractivity contribution in [3.63, 3.8) is 0 Å². The Hall–Kier alpha value is -4.37. The lowest BCUT2D eigenvalue weighted by molar-refractivity contribution is -0.384. The van der Waals surface area contributed by atoms with Crippen LogP contribution in [0.5, 0.6) is 0 Å². The Balaban J connectivity index is 2.16. The minimum absolute atomic E-state index is 0.0329. The second kappa shape index (κ2) is 6.63. The third-order valence-electron chi connectivity index (χ3n) is 3.58. The smallest absolute Gasteiger partial charge is 0.272 e. The van der Waals surface area contributed by atoms with Crippen LogP contribution < -0.4 is 5.73 Å². The fourth-order valence-electron chi connectivity index (χ4n) is 2.37. The number of nitro groups is 1. The van der Waals surface area contributed by atoms with Crippen molar-refractivity contribution in [3.8, 4) is 12.1 Å². The first-order valence-corrected chi connectivity index (χ1v) is 7.22. The molecule has 0 aliphatic carbocycles. The largest absolute Gasteiger partial charge is 0.397 e. The van der Waals surface area contributed by atoms with Crippen molar-refractivity contribution in [1.82, 2.24) is 4.98 Å². The summed E-state index contributed by atoms with van der Waals surface area (Å²) in [6.45, 7) is 0. The summed E-state index contributed by atoms with van der Waals surface area (Å²) in [6, 6.07) is 12.5. The maximum absolute atomic E-state index is 10.9. The van der Waals surface area contributed by atoms with Crippen LogP contribution in [-0.2, 0) is 0 Å². The van der Waals surface area contributed by atoms with Crippen LogP contribution in [0.15, 0.2) is 52.8 Å². The number of benzene rings is 2. The Kier molecular flexibility index (Phi) is 4.20. The summed E-state index contributed by atoms with van der Waals surface area (Å²) in [4.78, 5) is 14.4. The summed E-state index contributed by atoms with van der Waals surface area (Å²) in [7, 11) is 0. The second-order valence-corrected chi connectivity index (χ2v) is 5.14. The summed E-state index contributed by atoms with van der Waals surface area (Å²) in [5, 5.41) is 38.1. The number of anilines is 1. The fourth-order valence-corrected chi connectivity index (χ4v) is 2.37. The molecule has 0 unspecified atom stereocenters. The minimum Gasteiger partial charge on any atom is -0.397 e. The second-order valence-electron chi connectivity index (χ2n) is 5.14. The molecule has 0 aliphatic heterocycles. The first-order chi connectivity index (χ1) is 12.5. The molecule has 0 radical (unpaired) electrons. The number of non-ortho nitro benzene ring substituents is 1. The molecule has 26 heavy (non-hydrogen) atoms. The summed E-state index contributed by atoms with van der Waals surface area (Å²) in [5.74, 6) is 0. The lowest BCUT2D eigenvalue weighted by atomic mass is 10.1. The Morgan fingerprint density at radius 1 is 1.12 bits per heavy atom. The van der Waals surface area contributed by atoms with Gasteiger partial charge in [0, 0.05) is 23.7 Å². The summed E-state index contributed by atoms with van der Waals surface area (Å²) >= 11 is 0. The predicted molar refractivity (Wildman–Crippen MR) is 92.9 cm³/mol. The van der Waals surface area contributed by atoms with Gasteiger partial charge in [-0.2, -0.15) is 10.5 Å². The van der Waals surface area contributed by atoms with Gasteiger partial charge in [-0.15, -0.1) is 10.2 Å². The maximum atomic E-state index is 10.9. The standard InChI is InChI=1S/C17H9N7O2/c18-8-10-6-12(24(25)26)7-11(9-19)16(10)23-22-15-4-3-14(20)17-13(15)2-1-5-21-17/h1-7H,20H2. The Bertz CT molecular complexity index is 1120. The zero-order valence-corrected chi connectivity index (χ0v) is 13.1. The number of nitrogen functional groups attached to an aromatic ring is 1. The molecule has 0 spiro atoms. The van der Waals surface area contributed by atoms with E-state index in [1.54, 1.807) is 42.6 Å². The van der Waals surface area contributed by atoms with E-state index < -0.39 is 4.92 Å². The number of fused-ring (bicyclic) bond motifs is 1. The number of nitriles is 2. The average molecular weight is 343 g/mol. The van der Waals surface area contributed by atoms with E-state index in [0.717, 1.165) is 12.1 Å². The normalized spacial score (nSPS) is 10.5. The van der Waals surface area contributed by atoms with Crippen molar-refractivity contribution < 1.29 is 4.92 Å². The van der Waals surface area contributed by atoms with Crippen LogP contribution in [0.25, 0.3) is 10.9 Å². The molecular formula is C17H9N7O2. The number of nitro benzene ring substituents is 1. The quantitative estimate of drug-likeness (QED) is 0.329. The Labute approximate surface area is 146 Å². The SMILES string of the molecule is N#Cc1cc([N+](=O)[O-])cc(C#N)c1N=Nc1ccc(N)c2ncccc12. The van der Waals surface area contributed by atoms with Crippen molar-refractivity contribution in [2.75, 3.05) is 5.73 Å². The number of pyridine rings is 1. The number of nitrogens with two attached hydrogens (primary N) is 1. The van der Waals surface area contributed by atoms with Gasteiger partial charge in [-0.05, 0) is 24.3 Å². The summed E-state index contributed by atoms with van der Waals surface area (Å²) in [6.07, 6.45) is 1.59. The Morgan fingerprint density at radius 2 is 1.81 bits per heavy atom. The van der Waals surface area contributed by atoms with E-state index in [9.17, 15) is 20.6 Å². The number of azo groups is 1.